The normalized spacial score (nSPS) is 18.3. The Bertz CT molecular complexity index is 1120. The Morgan fingerprint density at radius 2 is 1.44 bits per heavy atom. The van der Waals surface area contributed by atoms with Crippen molar-refractivity contribution in [1.29, 1.82) is 0 Å². The summed E-state index contributed by atoms with van der Waals surface area (Å²) in [5.41, 5.74) is 4.50. The molecule has 1 fully saturated rings. The van der Waals surface area contributed by atoms with E-state index in [4.69, 9.17) is 4.99 Å². The van der Waals surface area contributed by atoms with Gasteiger partial charge in [0, 0.05) is 42.8 Å². The van der Waals surface area contributed by atoms with E-state index in [-0.39, 0.29) is 5.91 Å². The monoisotopic (exact) mass is 488 g/mol. The molecule has 0 N–H and O–H groups in total. The largest absolute Gasteiger partial charge is 0.297 e. The van der Waals surface area contributed by atoms with Crippen LogP contribution in [-0.2, 0) is 11.3 Å². The second kappa shape index (κ2) is 9.36. The zero-order valence-electron chi connectivity index (χ0n) is 17.8. The molecule has 0 aliphatic carbocycles. The van der Waals surface area contributed by atoms with Gasteiger partial charge in [-0.1, -0.05) is 64.5 Å². The molecular weight excluding hydrogens is 464 g/mol. The molecule has 0 aromatic heterocycles. The summed E-state index contributed by atoms with van der Waals surface area (Å²) in [6.07, 6.45) is 0. The highest BCUT2D eigenvalue weighted by Gasteiger charge is 2.35. The molecule has 0 atom stereocenters. The lowest BCUT2D eigenvalue weighted by Gasteiger charge is -2.36. The van der Waals surface area contributed by atoms with Crippen molar-refractivity contribution in [2.75, 3.05) is 37.7 Å². The fourth-order valence-electron chi connectivity index (χ4n) is 4.29. The number of rotatable bonds is 5. The number of carbonyl (C=O) groups excluding carboxylic acids is 1. The van der Waals surface area contributed by atoms with Gasteiger partial charge in [-0.05, 0) is 35.9 Å². The van der Waals surface area contributed by atoms with E-state index in [1.807, 2.05) is 53.4 Å². The third kappa shape index (κ3) is 4.53. The number of hydrogen-bond acceptors (Lipinski definition) is 4. The second-order valence-electron chi connectivity index (χ2n) is 8.21. The highest BCUT2D eigenvalue weighted by atomic mass is 79.9. The number of amides is 1. The molecular formula is C26H25BrN4O. The summed E-state index contributed by atoms with van der Waals surface area (Å²) in [6.45, 7) is 5.45. The number of hydrogen-bond donors (Lipinski definition) is 0. The highest BCUT2D eigenvalue weighted by Crippen LogP contribution is 2.31. The Kier molecular flexibility index (Phi) is 6.17. The standard InChI is InChI=1S/C26H25BrN4O/c27-21-10-12-22(13-11-21)28-25-23-8-4-5-9-24(23)31(26(25)32)19-30-16-14-29(15-17-30)18-20-6-2-1-3-7-20/h1-13H,14-19H2. The molecule has 1 saturated heterocycles. The first-order valence-electron chi connectivity index (χ1n) is 10.9. The van der Waals surface area contributed by atoms with Crippen LogP contribution in [0.4, 0.5) is 11.4 Å². The lowest BCUT2D eigenvalue weighted by Crippen LogP contribution is -2.50. The molecule has 2 heterocycles. The van der Waals surface area contributed by atoms with Crippen LogP contribution in [0, 0.1) is 0 Å². The van der Waals surface area contributed by atoms with Crippen molar-refractivity contribution in [3.8, 4) is 0 Å². The van der Waals surface area contributed by atoms with Gasteiger partial charge < -0.3 is 0 Å². The summed E-state index contributed by atoms with van der Waals surface area (Å²) in [7, 11) is 0. The van der Waals surface area contributed by atoms with Crippen molar-refractivity contribution in [3.63, 3.8) is 0 Å². The molecule has 1 amide bonds. The SMILES string of the molecule is O=C1C(=Nc2ccc(Br)cc2)c2ccccc2N1CN1CCN(Cc2ccccc2)CC1. The molecule has 162 valence electrons. The molecule has 6 heteroatoms. The van der Waals surface area contributed by atoms with E-state index in [2.05, 4.69) is 56.1 Å². The first-order valence-corrected chi connectivity index (χ1v) is 11.7. The van der Waals surface area contributed by atoms with Gasteiger partial charge in [0.05, 0.1) is 18.0 Å². The fourth-order valence-corrected chi connectivity index (χ4v) is 4.55. The number of carbonyl (C=O) groups is 1. The van der Waals surface area contributed by atoms with Crippen LogP contribution in [0.3, 0.4) is 0 Å². The van der Waals surface area contributed by atoms with E-state index in [0.717, 1.165) is 54.1 Å². The molecule has 5 rings (SSSR count). The van der Waals surface area contributed by atoms with Gasteiger partial charge in [0.2, 0.25) is 0 Å². The van der Waals surface area contributed by atoms with Gasteiger partial charge in [-0.15, -0.1) is 0 Å². The molecule has 0 bridgehead atoms. The lowest BCUT2D eigenvalue weighted by molar-refractivity contribution is -0.112. The van der Waals surface area contributed by atoms with E-state index in [1.165, 1.54) is 5.56 Å². The zero-order valence-corrected chi connectivity index (χ0v) is 19.4. The Labute approximate surface area is 197 Å². The maximum absolute atomic E-state index is 13.4. The van der Waals surface area contributed by atoms with Crippen molar-refractivity contribution < 1.29 is 4.79 Å². The Morgan fingerprint density at radius 3 is 2.19 bits per heavy atom. The van der Waals surface area contributed by atoms with Crippen LogP contribution in [0.2, 0.25) is 0 Å². The van der Waals surface area contributed by atoms with Gasteiger partial charge in [-0.2, -0.15) is 0 Å². The predicted molar refractivity (Wildman–Crippen MR) is 132 cm³/mol. The molecule has 3 aromatic carbocycles. The average Bonchev–Trinajstić information content (AvgIpc) is 3.08. The topological polar surface area (TPSA) is 39.2 Å². The highest BCUT2D eigenvalue weighted by molar-refractivity contribution is 9.10. The van der Waals surface area contributed by atoms with Crippen LogP contribution in [0.5, 0.6) is 0 Å². The van der Waals surface area contributed by atoms with E-state index in [9.17, 15) is 4.79 Å². The first kappa shape index (κ1) is 21.1. The number of benzene rings is 3. The third-order valence-corrected chi connectivity index (χ3v) is 6.55. The summed E-state index contributed by atoms with van der Waals surface area (Å²) < 4.78 is 0.993. The second-order valence-corrected chi connectivity index (χ2v) is 9.12. The van der Waals surface area contributed by atoms with Crippen molar-refractivity contribution in [2.24, 2.45) is 4.99 Å². The first-order chi connectivity index (χ1) is 15.7. The smallest absolute Gasteiger partial charge is 0.278 e. The van der Waals surface area contributed by atoms with Gasteiger partial charge in [-0.3, -0.25) is 19.5 Å². The molecule has 2 aliphatic heterocycles. The predicted octanol–water partition coefficient (Wildman–Crippen LogP) is 4.69. The number of para-hydroxylation sites is 1. The quantitative estimate of drug-likeness (QED) is 0.522. The van der Waals surface area contributed by atoms with Crippen LogP contribution >= 0.6 is 15.9 Å². The maximum atomic E-state index is 13.4. The Morgan fingerprint density at radius 1 is 0.781 bits per heavy atom. The molecule has 0 saturated carbocycles. The minimum atomic E-state index is -0.0270. The number of nitrogens with zero attached hydrogens (tertiary/aromatic N) is 4. The van der Waals surface area contributed by atoms with Crippen LogP contribution in [0.25, 0.3) is 0 Å². The number of fused-ring (bicyclic) bond motifs is 1. The lowest BCUT2D eigenvalue weighted by atomic mass is 10.1. The van der Waals surface area contributed by atoms with Crippen LogP contribution < -0.4 is 4.90 Å². The molecule has 0 spiro atoms. The number of halogens is 1. The van der Waals surface area contributed by atoms with Crippen molar-refractivity contribution in [1.82, 2.24) is 9.80 Å². The molecule has 0 radical (unpaired) electrons. The summed E-state index contributed by atoms with van der Waals surface area (Å²) in [5, 5.41) is 0. The maximum Gasteiger partial charge on any atom is 0.278 e. The molecule has 5 nitrogen and oxygen atoms in total. The number of anilines is 1. The minimum absolute atomic E-state index is 0.0270. The average molecular weight is 489 g/mol. The van der Waals surface area contributed by atoms with Gasteiger partial charge >= 0.3 is 0 Å². The summed E-state index contributed by atoms with van der Waals surface area (Å²) in [5.74, 6) is -0.0270. The number of piperazine rings is 1. The van der Waals surface area contributed by atoms with Crippen molar-refractivity contribution >= 4 is 38.9 Å². The summed E-state index contributed by atoms with van der Waals surface area (Å²) in [4.78, 5) is 24.8. The Hall–Kier alpha value is -2.80. The van der Waals surface area contributed by atoms with E-state index in [0.29, 0.717) is 12.4 Å². The van der Waals surface area contributed by atoms with Gasteiger partial charge in [0.15, 0.2) is 0 Å². The number of aliphatic imine (C=N–C) groups is 1. The van der Waals surface area contributed by atoms with Crippen LogP contribution in [0.1, 0.15) is 11.1 Å². The van der Waals surface area contributed by atoms with Gasteiger partial charge in [0.25, 0.3) is 5.91 Å². The molecule has 2 aliphatic rings. The van der Waals surface area contributed by atoms with Gasteiger partial charge in [-0.25, -0.2) is 4.99 Å². The Balaban J connectivity index is 1.28. The molecule has 0 unspecified atom stereocenters. The van der Waals surface area contributed by atoms with E-state index < -0.39 is 0 Å². The minimum Gasteiger partial charge on any atom is -0.297 e. The molecule has 3 aromatic rings. The fraction of sp³-hybridized carbons (Fsp3) is 0.231. The van der Waals surface area contributed by atoms with Crippen LogP contribution in [-0.4, -0.2) is 54.3 Å². The van der Waals surface area contributed by atoms with Gasteiger partial charge in [0.1, 0.15) is 5.71 Å². The summed E-state index contributed by atoms with van der Waals surface area (Å²) >= 11 is 3.45. The van der Waals surface area contributed by atoms with Crippen LogP contribution in [0.15, 0.2) is 88.3 Å². The van der Waals surface area contributed by atoms with E-state index >= 15 is 0 Å². The van der Waals surface area contributed by atoms with Crippen molar-refractivity contribution in [3.05, 3.63) is 94.5 Å². The summed E-state index contributed by atoms with van der Waals surface area (Å²) in [6, 6.07) is 26.3. The third-order valence-electron chi connectivity index (χ3n) is 6.02. The molecule has 32 heavy (non-hydrogen) atoms. The van der Waals surface area contributed by atoms with E-state index in [1.54, 1.807) is 0 Å². The van der Waals surface area contributed by atoms with Crippen molar-refractivity contribution in [2.45, 2.75) is 6.54 Å². The zero-order chi connectivity index (χ0) is 21.9.